The summed E-state index contributed by atoms with van der Waals surface area (Å²) in [5.41, 5.74) is 5.88. The molecule has 1 aliphatic carbocycles. The summed E-state index contributed by atoms with van der Waals surface area (Å²) in [7, 11) is 0. The number of hydrogen-bond donors (Lipinski definition) is 2. The summed E-state index contributed by atoms with van der Waals surface area (Å²) in [6.45, 7) is 4.22. The molecule has 0 aromatic rings. The maximum absolute atomic E-state index is 6.04. The highest BCUT2D eigenvalue weighted by atomic mass is 15.1. The minimum absolute atomic E-state index is 0.151. The van der Waals surface area contributed by atoms with Gasteiger partial charge in [-0.2, -0.15) is 0 Å². The smallest absolute Gasteiger partial charge is 0.0632 e. The third kappa shape index (κ3) is 3.11. The summed E-state index contributed by atoms with van der Waals surface area (Å²) in [6, 6.07) is 0.675. The van der Waals surface area contributed by atoms with E-state index in [1.54, 1.807) is 0 Å². The van der Waals surface area contributed by atoms with Gasteiger partial charge in [-0.05, 0) is 26.2 Å². The lowest BCUT2D eigenvalue weighted by Gasteiger charge is -2.32. The van der Waals surface area contributed by atoms with Crippen molar-refractivity contribution in [2.45, 2.75) is 64.1 Å². The summed E-state index contributed by atoms with van der Waals surface area (Å²) >= 11 is 0. The van der Waals surface area contributed by atoms with Gasteiger partial charge in [0, 0.05) is 6.04 Å². The van der Waals surface area contributed by atoms with Gasteiger partial charge >= 0.3 is 0 Å². The van der Waals surface area contributed by atoms with E-state index in [1.165, 1.54) is 32.1 Å². The fraction of sp³-hybridized carbons (Fsp3) is 1.00. The Bertz CT molecular complexity index is 126. The monoisotopic (exact) mass is 170 g/mol. The molecule has 1 rings (SSSR count). The first kappa shape index (κ1) is 10.0. The highest BCUT2D eigenvalue weighted by Gasteiger charge is 2.21. The molecule has 1 atom stereocenters. The Labute approximate surface area is 75.9 Å². The van der Waals surface area contributed by atoms with E-state index < -0.39 is 0 Å². The summed E-state index contributed by atoms with van der Waals surface area (Å²) in [4.78, 5) is 0. The molecule has 0 amide bonds. The van der Waals surface area contributed by atoms with E-state index >= 15 is 0 Å². The molecular weight excluding hydrogens is 148 g/mol. The minimum atomic E-state index is -0.151. The number of hydrogen-bond acceptors (Lipinski definition) is 2. The first-order chi connectivity index (χ1) is 5.64. The lowest BCUT2D eigenvalue weighted by Crippen LogP contribution is -2.54. The zero-order chi connectivity index (χ0) is 9.03. The lowest BCUT2D eigenvalue weighted by atomic mass is 9.94. The van der Waals surface area contributed by atoms with Gasteiger partial charge in [0.2, 0.25) is 0 Å². The van der Waals surface area contributed by atoms with E-state index in [9.17, 15) is 0 Å². The second-order valence-electron chi connectivity index (χ2n) is 4.25. The second kappa shape index (κ2) is 4.24. The maximum atomic E-state index is 6.04. The standard InChI is InChI=1S/C10H22N2/c1-3-10(2,11)12-9-7-5-4-6-8-9/h9,12H,3-8,11H2,1-2H3. The second-order valence-corrected chi connectivity index (χ2v) is 4.25. The van der Waals surface area contributed by atoms with Gasteiger partial charge in [-0.25, -0.2) is 0 Å². The number of nitrogens with one attached hydrogen (secondary N) is 1. The van der Waals surface area contributed by atoms with E-state index in [0.717, 1.165) is 6.42 Å². The van der Waals surface area contributed by atoms with E-state index in [0.29, 0.717) is 6.04 Å². The molecule has 72 valence electrons. The predicted octanol–water partition coefficient (Wildman–Crippen LogP) is 1.99. The van der Waals surface area contributed by atoms with Crippen LogP contribution in [-0.2, 0) is 0 Å². The van der Waals surface area contributed by atoms with Gasteiger partial charge < -0.3 is 5.73 Å². The van der Waals surface area contributed by atoms with Crippen LogP contribution < -0.4 is 11.1 Å². The van der Waals surface area contributed by atoms with Gasteiger partial charge in [-0.1, -0.05) is 26.2 Å². The quantitative estimate of drug-likeness (QED) is 0.636. The van der Waals surface area contributed by atoms with Crippen molar-refractivity contribution in [3.63, 3.8) is 0 Å². The van der Waals surface area contributed by atoms with Crippen molar-refractivity contribution in [3.8, 4) is 0 Å². The molecule has 2 nitrogen and oxygen atoms in total. The van der Waals surface area contributed by atoms with Gasteiger partial charge in [-0.3, -0.25) is 5.32 Å². The average Bonchev–Trinajstić information content (AvgIpc) is 2.06. The van der Waals surface area contributed by atoms with Crippen LogP contribution in [0.4, 0.5) is 0 Å². The zero-order valence-corrected chi connectivity index (χ0v) is 8.40. The Hall–Kier alpha value is -0.0800. The van der Waals surface area contributed by atoms with E-state index in [-0.39, 0.29) is 5.66 Å². The Morgan fingerprint density at radius 2 is 1.92 bits per heavy atom. The molecule has 0 aliphatic heterocycles. The molecule has 3 N–H and O–H groups in total. The number of nitrogens with two attached hydrogens (primary N) is 1. The van der Waals surface area contributed by atoms with Crippen LogP contribution in [-0.4, -0.2) is 11.7 Å². The average molecular weight is 170 g/mol. The molecule has 0 spiro atoms. The van der Waals surface area contributed by atoms with E-state index in [4.69, 9.17) is 5.73 Å². The molecular formula is C10H22N2. The Balaban J connectivity index is 2.28. The Morgan fingerprint density at radius 1 is 1.33 bits per heavy atom. The van der Waals surface area contributed by atoms with Crippen LogP contribution in [0, 0.1) is 0 Å². The highest BCUT2D eigenvalue weighted by Crippen LogP contribution is 2.19. The normalized spacial score (nSPS) is 25.2. The first-order valence-corrected chi connectivity index (χ1v) is 5.20. The molecule has 1 unspecified atom stereocenters. The number of rotatable bonds is 3. The van der Waals surface area contributed by atoms with Crippen molar-refractivity contribution >= 4 is 0 Å². The molecule has 0 radical (unpaired) electrons. The first-order valence-electron chi connectivity index (χ1n) is 5.20. The van der Waals surface area contributed by atoms with Crippen LogP contribution in [0.25, 0.3) is 0 Å². The molecule has 0 saturated heterocycles. The van der Waals surface area contributed by atoms with E-state index in [1.807, 2.05) is 0 Å². The largest absolute Gasteiger partial charge is 0.314 e. The van der Waals surface area contributed by atoms with Gasteiger partial charge in [0.05, 0.1) is 5.66 Å². The van der Waals surface area contributed by atoms with Gasteiger partial charge in [0.25, 0.3) is 0 Å². The van der Waals surface area contributed by atoms with Gasteiger partial charge in [0.15, 0.2) is 0 Å². The highest BCUT2D eigenvalue weighted by molar-refractivity contribution is 4.81. The molecule has 1 saturated carbocycles. The summed E-state index contributed by atoms with van der Waals surface area (Å²) in [5.74, 6) is 0. The molecule has 1 aliphatic rings. The topological polar surface area (TPSA) is 38.0 Å². The van der Waals surface area contributed by atoms with Crippen molar-refractivity contribution in [2.24, 2.45) is 5.73 Å². The summed E-state index contributed by atoms with van der Waals surface area (Å²) in [6.07, 6.45) is 7.78. The van der Waals surface area contributed by atoms with Crippen LogP contribution in [0.2, 0.25) is 0 Å². The van der Waals surface area contributed by atoms with Crippen LogP contribution in [0.5, 0.6) is 0 Å². The third-order valence-corrected chi connectivity index (χ3v) is 2.87. The Kier molecular flexibility index (Phi) is 3.53. The summed E-state index contributed by atoms with van der Waals surface area (Å²) < 4.78 is 0. The van der Waals surface area contributed by atoms with Crippen molar-refractivity contribution in [1.82, 2.24) is 5.32 Å². The predicted molar refractivity (Wildman–Crippen MR) is 52.9 cm³/mol. The van der Waals surface area contributed by atoms with Crippen molar-refractivity contribution in [3.05, 3.63) is 0 Å². The molecule has 12 heavy (non-hydrogen) atoms. The van der Waals surface area contributed by atoms with Crippen molar-refractivity contribution in [1.29, 1.82) is 0 Å². The SMILES string of the molecule is CCC(C)(N)NC1CCCCC1. The fourth-order valence-electron chi connectivity index (χ4n) is 1.82. The van der Waals surface area contributed by atoms with Crippen molar-refractivity contribution in [2.75, 3.05) is 0 Å². The zero-order valence-electron chi connectivity index (χ0n) is 8.40. The molecule has 1 fully saturated rings. The van der Waals surface area contributed by atoms with Crippen LogP contribution in [0.1, 0.15) is 52.4 Å². The molecule has 2 heteroatoms. The Morgan fingerprint density at radius 3 is 2.42 bits per heavy atom. The minimum Gasteiger partial charge on any atom is -0.314 e. The van der Waals surface area contributed by atoms with Crippen LogP contribution in [0.3, 0.4) is 0 Å². The molecule has 0 aromatic heterocycles. The molecule has 0 aromatic carbocycles. The molecule has 0 heterocycles. The molecule has 0 bridgehead atoms. The maximum Gasteiger partial charge on any atom is 0.0632 e. The van der Waals surface area contributed by atoms with Crippen molar-refractivity contribution < 1.29 is 0 Å². The fourth-order valence-corrected chi connectivity index (χ4v) is 1.82. The third-order valence-electron chi connectivity index (χ3n) is 2.87. The van der Waals surface area contributed by atoms with Crippen LogP contribution >= 0.6 is 0 Å². The lowest BCUT2D eigenvalue weighted by molar-refractivity contribution is 0.262. The van der Waals surface area contributed by atoms with Crippen LogP contribution in [0.15, 0.2) is 0 Å². The van der Waals surface area contributed by atoms with Gasteiger partial charge in [0.1, 0.15) is 0 Å². The van der Waals surface area contributed by atoms with E-state index in [2.05, 4.69) is 19.2 Å². The van der Waals surface area contributed by atoms with Gasteiger partial charge in [-0.15, -0.1) is 0 Å². The summed E-state index contributed by atoms with van der Waals surface area (Å²) in [5, 5.41) is 3.52.